The van der Waals surface area contributed by atoms with E-state index in [4.69, 9.17) is 4.42 Å². The molecule has 0 fully saturated rings. The second-order valence-corrected chi connectivity index (χ2v) is 7.42. The van der Waals surface area contributed by atoms with Crippen molar-refractivity contribution in [2.24, 2.45) is 0 Å². The number of hydrogen-bond acceptors (Lipinski definition) is 5. The van der Waals surface area contributed by atoms with E-state index in [1.54, 1.807) is 54.6 Å². The molecule has 0 aliphatic carbocycles. The summed E-state index contributed by atoms with van der Waals surface area (Å²) in [5.41, 5.74) is 1.57. The van der Waals surface area contributed by atoms with Gasteiger partial charge in [-0.2, -0.15) is 8.78 Å². The first-order chi connectivity index (χ1) is 12.8. The fourth-order valence-corrected chi connectivity index (χ4v) is 3.21. The number of allylic oxidation sites excluding steroid dienone is 1. The van der Waals surface area contributed by atoms with Gasteiger partial charge in [-0.15, -0.1) is 10.2 Å². The van der Waals surface area contributed by atoms with Gasteiger partial charge in [-0.1, -0.05) is 36.9 Å². The third-order valence-electron chi connectivity index (χ3n) is 3.64. The lowest BCUT2D eigenvalue weighted by Crippen LogP contribution is -2.15. The molecule has 1 N–H and O–H groups in total. The van der Waals surface area contributed by atoms with Crippen molar-refractivity contribution in [2.75, 3.05) is 4.72 Å². The van der Waals surface area contributed by atoms with Crippen molar-refractivity contribution < 1.29 is 21.6 Å². The molecule has 1 heterocycles. The number of nitrogens with zero attached hydrogens (tertiary/aromatic N) is 2. The maximum absolute atomic E-state index is 12.5. The largest absolute Gasteiger partial charge is 0.415 e. The summed E-state index contributed by atoms with van der Waals surface area (Å²) < 4.78 is 57.0. The number of halogens is 2. The quantitative estimate of drug-likeness (QED) is 0.653. The number of anilines is 1. The summed E-state index contributed by atoms with van der Waals surface area (Å²) in [6.45, 7) is 3.65. The summed E-state index contributed by atoms with van der Waals surface area (Å²) in [5, 5.41) is 6.83. The number of nitrogens with one attached hydrogen (secondary N) is 1. The summed E-state index contributed by atoms with van der Waals surface area (Å²) in [6.07, 6.45) is -2.75. The van der Waals surface area contributed by atoms with Crippen LogP contribution >= 0.6 is 0 Å². The van der Waals surface area contributed by atoms with Crippen molar-refractivity contribution in [3.8, 4) is 11.5 Å². The van der Waals surface area contributed by atoms with E-state index in [1.165, 1.54) is 0 Å². The first-order valence-corrected chi connectivity index (χ1v) is 9.30. The van der Waals surface area contributed by atoms with E-state index in [0.717, 1.165) is 0 Å². The number of hydrogen-bond donors (Lipinski definition) is 1. The van der Waals surface area contributed by atoms with Gasteiger partial charge in [0.1, 0.15) is 0 Å². The van der Waals surface area contributed by atoms with Gasteiger partial charge in [0.25, 0.3) is 15.9 Å². The molecule has 2 aromatic carbocycles. The number of rotatable bonds is 7. The molecule has 0 aliphatic heterocycles. The molecular formula is C18H15F2N3O3S. The normalized spacial score (nSPS) is 11.5. The Labute approximate surface area is 154 Å². The van der Waals surface area contributed by atoms with Crippen molar-refractivity contribution in [1.29, 1.82) is 0 Å². The number of sulfonamides is 1. The van der Waals surface area contributed by atoms with Gasteiger partial charge < -0.3 is 4.42 Å². The van der Waals surface area contributed by atoms with Gasteiger partial charge in [-0.05, 0) is 29.8 Å². The third-order valence-corrected chi connectivity index (χ3v) is 5.04. The molecule has 0 atom stereocenters. The van der Waals surface area contributed by atoms with Crippen molar-refractivity contribution >= 4 is 15.7 Å². The van der Waals surface area contributed by atoms with E-state index in [0.29, 0.717) is 16.8 Å². The topological polar surface area (TPSA) is 85.1 Å². The lowest BCUT2D eigenvalue weighted by molar-refractivity contribution is 0.116. The van der Waals surface area contributed by atoms with E-state index in [2.05, 4.69) is 21.5 Å². The molecule has 0 radical (unpaired) electrons. The Balaban J connectivity index is 1.69. The van der Waals surface area contributed by atoms with Crippen LogP contribution in [0.3, 0.4) is 0 Å². The van der Waals surface area contributed by atoms with Crippen molar-refractivity contribution in [3.63, 3.8) is 0 Å². The van der Waals surface area contributed by atoms with Crippen molar-refractivity contribution in [1.82, 2.24) is 10.2 Å². The minimum atomic E-state index is -3.75. The first-order valence-electron chi connectivity index (χ1n) is 7.81. The molecule has 3 aromatic rings. The van der Waals surface area contributed by atoms with Crippen LogP contribution in [0.15, 0.2) is 70.5 Å². The zero-order chi connectivity index (χ0) is 19.4. The van der Waals surface area contributed by atoms with E-state index >= 15 is 0 Å². The molecule has 0 aliphatic rings. The highest BCUT2D eigenvalue weighted by Crippen LogP contribution is 2.24. The van der Waals surface area contributed by atoms with E-state index in [9.17, 15) is 17.2 Å². The predicted octanol–water partition coefficient (Wildman–Crippen LogP) is 4.17. The first kappa shape index (κ1) is 18.7. The van der Waals surface area contributed by atoms with Crippen LogP contribution in [0.5, 0.6) is 0 Å². The average molecular weight is 391 g/mol. The summed E-state index contributed by atoms with van der Waals surface area (Å²) in [4.78, 5) is -0.00289. The fraction of sp³-hybridized carbons (Fsp3) is 0.111. The Hall–Kier alpha value is -3.07. The molecule has 3 rings (SSSR count). The molecule has 9 heteroatoms. The molecule has 0 saturated heterocycles. The molecule has 0 unspecified atom stereocenters. The van der Waals surface area contributed by atoms with Crippen LogP contribution in [0.25, 0.3) is 11.5 Å². The van der Waals surface area contributed by atoms with Gasteiger partial charge >= 0.3 is 6.43 Å². The molecule has 0 amide bonds. The molecule has 27 heavy (non-hydrogen) atoms. The van der Waals surface area contributed by atoms with Crippen LogP contribution in [0.2, 0.25) is 0 Å². The maximum atomic E-state index is 12.5. The summed E-state index contributed by atoms with van der Waals surface area (Å²) in [6, 6.07) is 14.9. The van der Waals surface area contributed by atoms with Crippen molar-refractivity contribution in [3.05, 3.63) is 77.5 Å². The molecule has 6 nitrogen and oxygen atoms in total. The fourth-order valence-electron chi connectivity index (χ4n) is 2.26. The SMILES string of the molecule is C=C(Cc1ccc(-c2nnc(C(F)F)o2)cc1)S(=O)(=O)Nc1ccccc1. The Morgan fingerprint density at radius 1 is 1.07 bits per heavy atom. The van der Waals surface area contributed by atoms with Crippen LogP contribution < -0.4 is 4.72 Å². The average Bonchev–Trinajstić information content (AvgIpc) is 3.13. The van der Waals surface area contributed by atoms with Crippen LogP contribution in [-0.4, -0.2) is 18.6 Å². The van der Waals surface area contributed by atoms with Gasteiger partial charge in [0.05, 0.1) is 4.91 Å². The summed E-state index contributed by atoms with van der Waals surface area (Å²) in [7, 11) is -3.75. The smallest absolute Gasteiger partial charge is 0.314 e. The summed E-state index contributed by atoms with van der Waals surface area (Å²) in [5.74, 6) is -0.783. The molecule has 0 spiro atoms. The van der Waals surface area contributed by atoms with Crippen LogP contribution in [0.1, 0.15) is 17.9 Å². The number of alkyl halides is 2. The zero-order valence-electron chi connectivity index (χ0n) is 14.0. The Morgan fingerprint density at radius 3 is 2.33 bits per heavy atom. The Morgan fingerprint density at radius 2 is 1.74 bits per heavy atom. The molecular weight excluding hydrogens is 376 g/mol. The number of benzene rings is 2. The number of aromatic nitrogens is 2. The van der Waals surface area contributed by atoms with Gasteiger partial charge in [0, 0.05) is 17.7 Å². The lowest BCUT2D eigenvalue weighted by Gasteiger charge is -2.10. The van der Waals surface area contributed by atoms with Gasteiger partial charge in [-0.3, -0.25) is 4.72 Å². The minimum Gasteiger partial charge on any atom is -0.415 e. The molecule has 140 valence electrons. The second-order valence-electron chi connectivity index (χ2n) is 5.63. The lowest BCUT2D eigenvalue weighted by atomic mass is 10.1. The van der Waals surface area contributed by atoms with E-state index < -0.39 is 22.3 Å². The minimum absolute atomic E-state index is 0.00289. The van der Waals surface area contributed by atoms with Gasteiger partial charge in [0.2, 0.25) is 5.89 Å². The highest BCUT2D eigenvalue weighted by Gasteiger charge is 2.18. The highest BCUT2D eigenvalue weighted by atomic mass is 32.2. The predicted molar refractivity (Wildman–Crippen MR) is 96.5 cm³/mol. The molecule has 1 aromatic heterocycles. The van der Waals surface area contributed by atoms with E-state index in [-0.39, 0.29) is 17.2 Å². The van der Waals surface area contributed by atoms with Crippen molar-refractivity contribution in [2.45, 2.75) is 12.8 Å². The standard InChI is InChI=1S/C18H15F2N3O3S/c1-12(27(24,25)23-15-5-3-2-4-6-15)11-13-7-9-14(10-8-13)17-21-22-18(26-17)16(19)20/h2-10,16,23H,1,11H2. The molecule has 0 bridgehead atoms. The van der Waals surface area contributed by atoms with Crippen LogP contribution in [-0.2, 0) is 16.4 Å². The third kappa shape index (κ3) is 4.56. The maximum Gasteiger partial charge on any atom is 0.314 e. The van der Waals surface area contributed by atoms with Crippen LogP contribution in [0, 0.1) is 0 Å². The zero-order valence-corrected chi connectivity index (χ0v) is 14.8. The van der Waals surface area contributed by atoms with E-state index in [1.807, 2.05) is 0 Å². The van der Waals surface area contributed by atoms with Gasteiger partial charge in [-0.25, -0.2) is 8.42 Å². The van der Waals surface area contributed by atoms with Crippen LogP contribution in [0.4, 0.5) is 14.5 Å². The summed E-state index contributed by atoms with van der Waals surface area (Å²) >= 11 is 0. The van der Waals surface area contributed by atoms with Gasteiger partial charge in [0.15, 0.2) is 0 Å². The monoisotopic (exact) mass is 391 g/mol. The molecule has 0 saturated carbocycles. The Kier molecular flexibility index (Phi) is 5.31. The second kappa shape index (κ2) is 7.67. The Bertz CT molecular complexity index is 1030. The highest BCUT2D eigenvalue weighted by molar-refractivity contribution is 7.96. The number of para-hydroxylation sites is 1.